The SMILES string of the molecule is NC(=O)c1ccc(-c2cc(OC3CCCC3)c3c(N)n[nH]c3c2)cc1N1CCN(c2ccc(F)cc2)CC1. The predicted octanol–water partition coefficient (Wildman–Crippen LogP) is 4.70. The number of aromatic nitrogens is 2. The van der Waals surface area contributed by atoms with E-state index >= 15 is 0 Å². The van der Waals surface area contributed by atoms with Crippen molar-refractivity contribution in [2.24, 2.45) is 5.73 Å². The van der Waals surface area contributed by atoms with Gasteiger partial charge in [0.25, 0.3) is 5.91 Å². The van der Waals surface area contributed by atoms with Crippen molar-refractivity contribution in [2.45, 2.75) is 31.8 Å². The lowest BCUT2D eigenvalue weighted by atomic mass is 9.99. The first-order valence-corrected chi connectivity index (χ1v) is 13.1. The number of carbonyl (C=O) groups excluding carboxylic acids is 1. The number of piperazine rings is 1. The number of nitrogens with one attached hydrogen (secondary N) is 1. The van der Waals surface area contributed by atoms with Gasteiger partial charge >= 0.3 is 0 Å². The van der Waals surface area contributed by atoms with E-state index in [1.165, 1.54) is 25.0 Å². The van der Waals surface area contributed by atoms with E-state index in [4.69, 9.17) is 16.2 Å². The van der Waals surface area contributed by atoms with Gasteiger partial charge in [-0.05, 0) is 85.3 Å². The maximum Gasteiger partial charge on any atom is 0.250 e. The first-order valence-electron chi connectivity index (χ1n) is 13.1. The highest BCUT2D eigenvalue weighted by Gasteiger charge is 2.23. The minimum absolute atomic E-state index is 0.174. The topological polar surface area (TPSA) is 114 Å². The summed E-state index contributed by atoms with van der Waals surface area (Å²) in [4.78, 5) is 16.8. The molecule has 2 aliphatic rings. The van der Waals surface area contributed by atoms with E-state index in [-0.39, 0.29) is 11.9 Å². The van der Waals surface area contributed by atoms with Crippen molar-refractivity contribution in [2.75, 3.05) is 41.7 Å². The number of nitrogens with two attached hydrogens (primary N) is 2. The zero-order chi connectivity index (χ0) is 26.2. The van der Waals surface area contributed by atoms with Crippen molar-refractivity contribution in [1.29, 1.82) is 0 Å². The number of ether oxygens (including phenoxy) is 1. The average Bonchev–Trinajstić information content (AvgIpc) is 3.58. The van der Waals surface area contributed by atoms with Gasteiger partial charge in [-0.25, -0.2) is 4.39 Å². The monoisotopic (exact) mass is 514 g/mol. The first-order chi connectivity index (χ1) is 18.5. The maximum absolute atomic E-state index is 13.4. The molecule has 38 heavy (non-hydrogen) atoms. The number of rotatable bonds is 6. The molecule has 3 aromatic carbocycles. The Balaban J connectivity index is 1.32. The number of primary amides is 1. The largest absolute Gasteiger partial charge is 0.490 e. The Morgan fingerprint density at radius 2 is 1.66 bits per heavy atom. The quantitative estimate of drug-likeness (QED) is 0.344. The van der Waals surface area contributed by atoms with E-state index in [0.717, 1.165) is 65.1 Å². The lowest BCUT2D eigenvalue weighted by molar-refractivity contribution is 0.100. The molecule has 4 aromatic rings. The lowest BCUT2D eigenvalue weighted by Gasteiger charge is -2.38. The Kier molecular flexibility index (Phi) is 6.27. The van der Waals surface area contributed by atoms with Gasteiger partial charge in [0.15, 0.2) is 5.82 Å². The number of hydrogen-bond acceptors (Lipinski definition) is 6. The number of benzene rings is 3. The third-order valence-electron chi connectivity index (χ3n) is 7.66. The van der Waals surface area contributed by atoms with E-state index in [1.54, 1.807) is 18.2 Å². The summed E-state index contributed by atoms with van der Waals surface area (Å²) in [5.74, 6) is 0.435. The summed E-state index contributed by atoms with van der Waals surface area (Å²) >= 11 is 0. The molecule has 2 heterocycles. The lowest BCUT2D eigenvalue weighted by Crippen LogP contribution is -2.47. The fourth-order valence-electron chi connectivity index (χ4n) is 5.63. The number of aromatic amines is 1. The summed E-state index contributed by atoms with van der Waals surface area (Å²) in [5, 5.41) is 8.03. The van der Waals surface area contributed by atoms with Gasteiger partial charge in [-0.3, -0.25) is 9.89 Å². The van der Waals surface area contributed by atoms with Crippen LogP contribution >= 0.6 is 0 Å². The summed E-state index contributed by atoms with van der Waals surface area (Å²) in [6, 6.07) is 16.3. The number of amides is 1. The van der Waals surface area contributed by atoms with Crippen molar-refractivity contribution < 1.29 is 13.9 Å². The Morgan fingerprint density at radius 3 is 2.37 bits per heavy atom. The van der Waals surface area contributed by atoms with Crippen LogP contribution in [0.1, 0.15) is 36.0 Å². The van der Waals surface area contributed by atoms with Crippen LogP contribution < -0.4 is 26.0 Å². The fraction of sp³-hybridized carbons (Fsp3) is 0.310. The van der Waals surface area contributed by atoms with Crippen LogP contribution in [0.4, 0.5) is 21.6 Å². The molecule has 196 valence electrons. The number of halogens is 1. The molecule has 5 N–H and O–H groups in total. The minimum atomic E-state index is -0.463. The normalized spacial score (nSPS) is 16.3. The molecule has 6 rings (SSSR count). The molecule has 1 amide bonds. The summed E-state index contributed by atoms with van der Waals surface area (Å²) in [6.45, 7) is 2.89. The number of nitrogens with zero attached hydrogens (tertiary/aromatic N) is 3. The Labute approximate surface area is 220 Å². The molecule has 1 aliphatic carbocycles. The Hall–Kier alpha value is -4.27. The van der Waals surface area contributed by atoms with Crippen molar-refractivity contribution >= 4 is 34.0 Å². The molecule has 1 saturated heterocycles. The van der Waals surface area contributed by atoms with Gasteiger partial charge in [-0.1, -0.05) is 6.07 Å². The molecule has 8 nitrogen and oxygen atoms in total. The number of fused-ring (bicyclic) bond motifs is 1. The second-order valence-corrected chi connectivity index (χ2v) is 10.1. The summed E-state index contributed by atoms with van der Waals surface area (Å²) < 4.78 is 19.8. The van der Waals surface area contributed by atoms with E-state index in [1.807, 2.05) is 24.3 Å². The van der Waals surface area contributed by atoms with Crippen LogP contribution in [0, 0.1) is 5.82 Å². The van der Waals surface area contributed by atoms with Gasteiger partial charge in [-0.2, -0.15) is 5.10 Å². The van der Waals surface area contributed by atoms with Gasteiger partial charge in [0.1, 0.15) is 11.6 Å². The van der Waals surface area contributed by atoms with Crippen molar-refractivity contribution in [3.8, 4) is 16.9 Å². The standard InChI is InChI=1S/C29H31FN6O2/c30-20-6-8-21(9-7-20)35-11-13-36(14-12-35)25-16-18(5-10-23(25)29(32)37)19-15-24-27(28(31)34-33-24)26(17-19)38-22-3-1-2-4-22/h5-10,15-17,22H,1-4,11-14H2,(H2,32,37)(H3,31,33,34). The Bertz CT molecular complexity index is 1470. The van der Waals surface area contributed by atoms with E-state index in [9.17, 15) is 9.18 Å². The average molecular weight is 515 g/mol. The molecular weight excluding hydrogens is 483 g/mol. The highest BCUT2D eigenvalue weighted by atomic mass is 19.1. The van der Waals surface area contributed by atoms with Crippen LogP contribution in [0.25, 0.3) is 22.0 Å². The number of nitrogen functional groups attached to an aromatic ring is 1. The van der Waals surface area contributed by atoms with Crippen LogP contribution in [-0.4, -0.2) is 48.4 Å². The number of anilines is 3. The van der Waals surface area contributed by atoms with E-state index in [0.29, 0.717) is 24.5 Å². The minimum Gasteiger partial charge on any atom is -0.490 e. The maximum atomic E-state index is 13.4. The molecule has 2 fully saturated rings. The molecule has 1 saturated carbocycles. The predicted molar refractivity (Wildman–Crippen MR) is 148 cm³/mol. The summed E-state index contributed by atoms with van der Waals surface area (Å²) in [6.07, 6.45) is 4.57. The first kappa shape index (κ1) is 24.1. The van der Waals surface area contributed by atoms with Crippen LogP contribution in [0.15, 0.2) is 54.6 Å². The molecule has 9 heteroatoms. The van der Waals surface area contributed by atoms with E-state index < -0.39 is 5.91 Å². The van der Waals surface area contributed by atoms with Crippen molar-refractivity contribution in [3.63, 3.8) is 0 Å². The molecule has 1 aromatic heterocycles. The third kappa shape index (κ3) is 4.60. The molecule has 0 bridgehead atoms. The molecule has 0 radical (unpaired) electrons. The highest BCUT2D eigenvalue weighted by molar-refractivity contribution is 6.01. The zero-order valence-corrected chi connectivity index (χ0v) is 21.1. The van der Waals surface area contributed by atoms with Gasteiger partial charge in [-0.15, -0.1) is 0 Å². The second-order valence-electron chi connectivity index (χ2n) is 10.1. The van der Waals surface area contributed by atoms with Crippen LogP contribution in [0.5, 0.6) is 5.75 Å². The molecule has 0 spiro atoms. The van der Waals surface area contributed by atoms with Crippen LogP contribution in [-0.2, 0) is 0 Å². The summed E-state index contributed by atoms with van der Waals surface area (Å²) in [5.41, 5.74) is 16.9. The van der Waals surface area contributed by atoms with Gasteiger partial charge in [0.05, 0.1) is 28.3 Å². The highest BCUT2D eigenvalue weighted by Crippen LogP contribution is 2.38. The van der Waals surface area contributed by atoms with Crippen molar-refractivity contribution in [1.82, 2.24) is 10.2 Å². The van der Waals surface area contributed by atoms with Crippen LogP contribution in [0.3, 0.4) is 0 Å². The Morgan fingerprint density at radius 1 is 0.947 bits per heavy atom. The number of hydrogen-bond donors (Lipinski definition) is 3. The zero-order valence-electron chi connectivity index (χ0n) is 21.1. The molecular formula is C29H31FN6O2. The molecule has 1 aliphatic heterocycles. The fourth-order valence-corrected chi connectivity index (χ4v) is 5.63. The number of carbonyl (C=O) groups is 1. The van der Waals surface area contributed by atoms with Crippen molar-refractivity contribution in [3.05, 3.63) is 66.0 Å². The van der Waals surface area contributed by atoms with E-state index in [2.05, 4.69) is 20.0 Å². The summed E-state index contributed by atoms with van der Waals surface area (Å²) in [7, 11) is 0. The van der Waals surface area contributed by atoms with Crippen LogP contribution in [0.2, 0.25) is 0 Å². The number of H-pyrrole nitrogens is 1. The van der Waals surface area contributed by atoms with Gasteiger partial charge in [0, 0.05) is 31.9 Å². The molecule has 0 atom stereocenters. The van der Waals surface area contributed by atoms with Gasteiger partial charge in [0.2, 0.25) is 0 Å². The smallest absolute Gasteiger partial charge is 0.250 e. The second kappa shape index (κ2) is 9.89. The van der Waals surface area contributed by atoms with Gasteiger partial charge < -0.3 is 26.0 Å². The molecule has 0 unspecified atom stereocenters. The third-order valence-corrected chi connectivity index (χ3v) is 7.66.